The van der Waals surface area contributed by atoms with Crippen molar-refractivity contribution in [3.05, 3.63) is 23.8 Å². The molecule has 2 heterocycles. The van der Waals surface area contributed by atoms with Crippen molar-refractivity contribution < 1.29 is 19.2 Å². The molecule has 25 heavy (non-hydrogen) atoms. The van der Waals surface area contributed by atoms with Crippen molar-refractivity contribution in [1.29, 1.82) is 0 Å². The fourth-order valence-electron chi connectivity index (χ4n) is 2.54. The number of amides is 5. The van der Waals surface area contributed by atoms with Gasteiger partial charge in [0.05, 0.1) is 10.9 Å². The molecule has 1 aromatic carbocycles. The van der Waals surface area contributed by atoms with Gasteiger partial charge in [0.25, 0.3) is 11.8 Å². The van der Waals surface area contributed by atoms with Gasteiger partial charge in [0.15, 0.2) is 0 Å². The molecule has 1 aromatic rings. The summed E-state index contributed by atoms with van der Waals surface area (Å²) in [6.07, 6.45) is 0.407. The number of carbonyl (C=O) groups excluding carboxylic acids is 4. The number of fused-ring (bicyclic) bond motifs is 1. The maximum Gasteiger partial charge on any atom is 0.344 e. The van der Waals surface area contributed by atoms with Crippen molar-refractivity contribution in [3.8, 4) is 0 Å². The Kier molecular flexibility index (Phi) is 4.19. The number of benzene rings is 1. The van der Waals surface area contributed by atoms with Crippen molar-refractivity contribution in [1.82, 2.24) is 15.8 Å². The summed E-state index contributed by atoms with van der Waals surface area (Å²) in [7, 11) is 0. The number of nitrogens with one attached hydrogen (secondary N) is 3. The van der Waals surface area contributed by atoms with Crippen LogP contribution in [0.4, 0.5) is 10.5 Å². The highest BCUT2D eigenvalue weighted by Crippen LogP contribution is 2.35. The first-order valence-corrected chi connectivity index (χ1v) is 8.72. The van der Waals surface area contributed by atoms with Crippen LogP contribution in [-0.4, -0.2) is 39.6 Å². The van der Waals surface area contributed by atoms with Gasteiger partial charge in [0.2, 0.25) is 5.91 Å². The summed E-state index contributed by atoms with van der Waals surface area (Å²) in [5.74, 6) is -1.25. The lowest BCUT2D eigenvalue weighted by molar-refractivity contribution is -0.132. The summed E-state index contributed by atoms with van der Waals surface area (Å²) in [4.78, 5) is 49.3. The molecule has 0 unspecified atom stereocenters. The molecular formula is C16H18N4O4S. The number of nitrogens with zero attached hydrogens (tertiary/aromatic N) is 1. The topological polar surface area (TPSA) is 108 Å². The summed E-state index contributed by atoms with van der Waals surface area (Å²) >= 11 is 1.40. The Morgan fingerprint density at radius 2 is 2.08 bits per heavy atom. The van der Waals surface area contributed by atoms with Gasteiger partial charge in [0, 0.05) is 10.5 Å². The number of urea groups is 1. The van der Waals surface area contributed by atoms with Crippen LogP contribution in [-0.2, 0) is 9.59 Å². The van der Waals surface area contributed by atoms with Gasteiger partial charge in [-0.2, -0.15) is 5.01 Å². The van der Waals surface area contributed by atoms with Crippen molar-refractivity contribution >= 4 is 41.2 Å². The molecule has 2 aliphatic heterocycles. The minimum atomic E-state index is -1.03. The van der Waals surface area contributed by atoms with E-state index < -0.39 is 23.4 Å². The minimum absolute atomic E-state index is 0.136. The predicted molar refractivity (Wildman–Crippen MR) is 91.9 cm³/mol. The molecule has 8 nitrogen and oxygen atoms in total. The van der Waals surface area contributed by atoms with E-state index >= 15 is 0 Å². The molecule has 0 bridgehead atoms. The van der Waals surface area contributed by atoms with Gasteiger partial charge in [-0.1, -0.05) is 6.92 Å². The molecule has 1 saturated heterocycles. The zero-order valence-corrected chi connectivity index (χ0v) is 14.8. The predicted octanol–water partition coefficient (Wildman–Crippen LogP) is 1.48. The van der Waals surface area contributed by atoms with E-state index in [-0.39, 0.29) is 16.7 Å². The third kappa shape index (κ3) is 2.95. The van der Waals surface area contributed by atoms with Crippen LogP contribution in [0.3, 0.4) is 0 Å². The summed E-state index contributed by atoms with van der Waals surface area (Å²) in [6.45, 7) is 5.17. The molecule has 3 N–H and O–H groups in total. The van der Waals surface area contributed by atoms with E-state index in [4.69, 9.17) is 0 Å². The highest BCUT2D eigenvalue weighted by atomic mass is 32.2. The van der Waals surface area contributed by atoms with Crippen LogP contribution >= 0.6 is 11.8 Å². The van der Waals surface area contributed by atoms with Gasteiger partial charge >= 0.3 is 6.03 Å². The first-order valence-electron chi connectivity index (χ1n) is 7.84. The molecule has 0 aromatic heterocycles. The Morgan fingerprint density at radius 3 is 2.72 bits per heavy atom. The summed E-state index contributed by atoms with van der Waals surface area (Å²) in [6, 6.07) is 4.17. The van der Waals surface area contributed by atoms with Gasteiger partial charge in [-0.25, -0.2) is 4.79 Å². The summed E-state index contributed by atoms with van der Waals surface area (Å²) in [5.41, 5.74) is 2.07. The zero-order valence-electron chi connectivity index (χ0n) is 14.0. The largest absolute Gasteiger partial charge is 0.344 e. The van der Waals surface area contributed by atoms with Crippen LogP contribution in [0.15, 0.2) is 23.1 Å². The number of rotatable bonds is 3. The van der Waals surface area contributed by atoms with E-state index in [1.807, 2.05) is 0 Å². The molecule has 2 aliphatic rings. The van der Waals surface area contributed by atoms with Crippen LogP contribution in [0.5, 0.6) is 0 Å². The van der Waals surface area contributed by atoms with E-state index in [0.717, 1.165) is 4.90 Å². The number of thioether (sulfide) groups is 1. The average molecular weight is 362 g/mol. The second kappa shape index (κ2) is 6.07. The molecule has 0 saturated carbocycles. The third-order valence-corrected chi connectivity index (χ3v) is 5.53. The van der Waals surface area contributed by atoms with Crippen LogP contribution in [0, 0.1) is 0 Å². The van der Waals surface area contributed by atoms with Crippen molar-refractivity contribution in [2.75, 3.05) is 5.32 Å². The molecule has 132 valence electrons. The summed E-state index contributed by atoms with van der Waals surface area (Å²) in [5, 5.41) is 5.79. The van der Waals surface area contributed by atoms with E-state index in [0.29, 0.717) is 17.1 Å². The first kappa shape index (κ1) is 17.3. The smallest absolute Gasteiger partial charge is 0.324 e. The average Bonchev–Trinajstić information content (AvgIpc) is 2.79. The van der Waals surface area contributed by atoms with E-state index in [2.05, 4.69) is 16.1 Å². The summed E-state index contributed by atoms with van der Waals surface area (Å²) < 4.78 is 0. The van der Waals surface area contributed by atoms with Gasteiger partial charge in [-0.05, 0) is 38.5 Å². The zero-order chi connectivity index (χ0) is 18.4. The SMILES string of the molecule is CC[C@@]1(C)NC(=O)N(NC(=O)c2ccc3c(c2)NC(=O)[C@@H](C)S3)C1=O. The maximum absolute atomic E-state index is 12.4. The fourth-order valence-corrected chi connectivity index (χ4v) is 3.47. The Balaban J connectivity index is 1.79. The number of hydrogen-bond acceptors (Lipinski definition) is 5. The van der Waals surface area contributed by atoms with E-state index in [1.165, 1.54) is 17.8 Å². The monoisotopic (exact) mass is 362 g/mol. The number of imide groups is 1. The van der Waals surface area contributed by atoms with Crippen LogP contribution < -0.4 is 16.1 Å². The van der Waals surface area contributed by atoms with Gasteiger partial charge in [0.1, 0.15) is 5.54 Å². The van der Waals surface area contributed by atoms with Crippen LogP contribution in [0.25, 0.3) is 0 Å². The number of anilines is 1. The van der Waals surface area contributed by atoms with E-state index in [1.54, 1.807) is 32.9 Å². The Morgan fingerprint density at radius 1 is 1.36 bits per heavy atom. The standard InChI is InChI=1S/C16H18N4O4S/c1-4-16(3)14(23)20(15(24)18-16)19-13(22)9-5-6-11-10(7-9)17-12(21)8(2)25-11/h5-8H,4H2,1-3H3,(H,17,21)(H,18,24)(H,19,22)/t8-,16-/m1/s1. The van der Waals surface area contributed by atoms with Crippen molar-refractivity contribution in [2.24, 2.45) is 0 Å². The second-order valence-corrected chi connectivity index (χ2v) is 7.54. The first-order chi connectivity index (χ1) is 11.7. The molecule has 0 radical (unpaired) electrons. The van der Waals surface area contributed by atoms with Gasteiger partial charge < -0.3 is 10.6 Å². The molecule has 9 heteroatoms. The molecule has 1 fully saturated rings. The molecule has 0 spiro atoms. The normalized spacial score (nSPS) is 25.3. The van der Waals surface area contributed by atoms with Gasteiger partial charge in [-0.3, -0.25) is 19.8 Å². The lowest BCUT2D eigenvalue weighted by Gasteiger charge is -2.22. The maximum atomic E-state index is 12.4. The van der Waals surface area contributed by atoms with Crippen molar-refractivity contribution in [2.45, 2.75) is 42.9 Å². The van der Waals surface area contributed by atoms with Crippen molar-refractivity contribution in [3.63, 3.8) is 0 Å². The lowest BCUT2D eigenvalue weighted by Crippen LogP contribution is -2.48. The number of hydrogen-bond donors (Lipinski definition) is 3. The molecule has 5 amide bonds. The molecule has 2 atom stereocenters. The highest BCUT2D eigenvalue weighted by molar-refractivity contribution is 8.00. The Labute approximate surface area is 148 Å². The third-order valence-electron chi connectivity index (χ3n) is 4.35. The van der Waals surface area contributed by atoms with E-state index in [9.17, 15) is 19.2 Å². The number of carbonyl (C=O) groups is 4. The van der Waals surface area contributed by atoms with Crippen LogP contribution in [0.2, 0.25) is 0 Å². The molecular weight excluding hydrogens is 344 g/mol. The van der Waals surface area contributed by atoms with Crippen LogP contribution in [0.1, 0.15) is 37.6 Å². The van der Waals surface area contributed by atoms with Gasteiger partial charge in [-0.15, -0.1) is 11.8 Å². The Hall–Kier alpha value is -2.55. The lowest BCUT2D eigenvalue weighted by atomic mass is 10.00. The molecule has 0 aliphatic carbocycles. The molecule has 3 rings (SSSR count). The Bertz CT molecular complexity index is 796. The fraction of sp³-hybridized carbons (Fsp3) is 0.375. The number of hydrazine groups is 1. The minimum Gasteiger partial charge on any atom is -0.324 e. The second-order valence-electron chi connectivity index (χ2n) is 6.16. The highest BCUT2D eigenvalue weighted by Gasteiger charge is 2.47. The quantitative estimate of drug-likeness (QED) is 0.706.